The van der Waals surface area contributed by atoms with Crippen LogP contribution in [0.4, 0.5) is 11.4 Å². The summed E-state index contributed by atoms with van der Waals surface area (Å²) in [5.74, 6) is -0.522. The van der Waals surface area contributed by atoms with Gasteiger partial charge >= 0.3 is 4.87 Å². The van der Waals surface area contributed by atoms with Crippen LogP contribution in [0.25, 0.3) is 10.2 Å². The number of rotatable bonds is 6. The predicted octanol–water partition coefficient (Wildman–Crippen LogP) is 4.40. The molecule has 1 amide bonds. The van der Waals surface area contributed by atoms with Crippen LogP contribution >= 0.6 is 22.9 Å². The number of benzene rings is 3. The lowest BCUT2D eigenvalue weighted by Gasteiger charge is -2.25. The van der Waals surface area contributed by atoms with Gasteiger partial charge in [-0.15, -0.1) is 0 Å². The Morgan fingerprint density at radius 1 is 1.09 bits per heavy atom. The minimum absolute atomic E-state index is 0.0719. The van der Waals surface area contributed by atoms with Crippen LogP contribution in [0.2, 0.25) is 5.02 Å². The highest BCUT2D eigenvalue weighted by molar-refractivity contribution is 7.92. The van der Waals surface area contributed by atoms with Crippen molar-refractivity contribution in [3.8, 4) is 0 Å². The number of carbonyl (C=O) groups excluding carboxylic acids is 1. The molecule has 1 N–H and O–H groups in total. The Morgan fingerprint density at radius 2 is 1.82 bits per heavy atom. The fourth-order valence-electron chi connectivity index (χ4n) is 3.46. The van der Waals surface area contributed by atoms with Crippen molar-refractivity contribution in [3.05, 3.63) is 87.0 Å². The lowest BCUT2D eigenvalue weighted by molar-refractivity contribution is -0.114. The second-order valence-electron chi connectivity index (χ2n) is 7.41. The Kier molecular flexibility index (Phi) is 6.29. The standard InChI is InChI=1S/C23H20ClN3O4S2/c1-15-12-16(24)8-10-19(15)27(33(30,31)18-6-4-3-5-7-18)14-22(28)25-17-9-11-20-21(13-17)32-23(29)26(20)2/h3-13H,14H2,1-2H3,(H,25,28). The highest BCUT2D eigenvalue weighted by atomic mass is 35.5. The van der Waals surface area contributed by atoms with E-state index in [0.29, 0.717) is 22.0 Å². The molecule has 0 saturated carbocycles. The number of aryl methyl sites for hydroxylation is 2. The minimum Gasteiger partial charge on any atom is -0.324 e. The summed E-state index contributed by atoms with van der Waals surface area (Å²) in [5.41, 5.74) is 2.20. The van der Waals surface area contributed by atoms with Gasteiger partial charge in [0, 0.05) is 17.8 Å². The van der Waals surface area contributed by atoms with Gasteiger partial charge in [-0.3, -0.25) is 13.9 Å². The molecule has 0 radical (unpaired) electrons. The first kappa shape index (κ1) is 23.0. The molecule has 0 aliphatic carbocycles. The molecule has 0 atom stereocenters. The van der Waals surface area contributed by atoms with Gasteiger partial charge < -0.3 is 9.88 Å². The molecule has 0 saturated heterocycles. The first-order valence-electron chi connectivity index (χ1n) is 9.90. The summed E-state index contributed by atoms with van der Waals surface area (Å²) in [6, 6.07) is 17.9. The number of hydrogen-bond donors (Lipinski definition) is 1. The molecule has 1 aromatic heterocycles. The molecule has 0 spiro atoms. The van der Waals surface area contributed by atoms with E-state index in [-0.39, 0.29) is 9.77 Å². The zero-order valence-corrected chi connectivity index (χ0v) is 20.2. The quantitative estimate of drug-likeness (QED) is 0.424. The normalized spacial score (nSPS) is 11.5. The maximum absolute atomic E-state index is 13.5. The number of halogens is 1. The number of fused-ring (bicyclic) bond motifs is 1. The lowest BCUT2D eigenvalue weighted by Crippen LogP contribution is -2.38. The molecule has 33 heavy (non-hydrogen) atoms. The van der Waals surface area contributed by atoms with Gasteiger partial charge in [-0.2, -0.15) is 0 Å². The summed E-state index contributed by atoms with van der Waals surface area (Å²) in [6.07, 6.45) is 0. The van der Waals surface area contributed by atoms with Crippen LogP contribution in [0.5, 0.6) is 0 Å². The molecule has 7 nitrogen and oxygen atoms in total. The van der Waals surface area contributed by atoms with E-state index < -0.39 is 22.5 Å². The van der Waals surface area contributed by atoms with Crippen molar-refractivity contribution >= 4 is 60.5 Å². The third-order valence-electron chi connectivity index (χ3n) is 5.12. The van der Waals surface area contributed by atoms with Gasteiger partial charge in [-0.05, 0) is 61.0 Å². The van der Waals surface area contributed by atoms with Crippen LogP contribution in [0.15, 0.2) is 76.4 Å². The van der Waals surface area contributed by atoms with Crippen molar-refractivity contribution in [2.24, 2.45) is 7.05 Å². The summed E-state index contributed by atoms with van der Waals surface area (Å²) in [4.78, 5) is 24.8. The number of aromatic nitrogens is 1. The Bertz CT molecular complexity index is 1510. The van der Waals surface area contributed by atoms with Crippen molar-refractivity contribution < 1.29 is 13.2 Å². The molecular formula is C23H20ClN3O4S2. The minimum atomic E-state index is -4.03. The van der Waals surface area contributed by atoms with E-state index in [2.05, 4.69) is 5.32 Å². The summed E-state index contributed by atoms with van der Waals surface area (Å²) >= 11 is 7.13. The summed E-state index contributed by atoms with van der Waals surface area (Å²) in [7, 11) is -2.35. The number of hydrogen-bond acceptors (Lipinski definition) is 5. The molecule has 4 aromatic rings. The number of sulfonamides is 1. The van der Waals surface area contributed by atoms with Gasteiger partial charge in [-0.25, -0.2) is 8.42 Å². The zero-order valence-electron chi connectivity index (χ0n) is 17.8. The Morgan fingerprint density at radius 3 is 2.52 bits per heavy atom. The van der Waals surface area contributed by atoms with E-state index >= 15 is 0 Å². The van der Waals surface area contributed by atoms with E-state index in [1.165, 1.54) is 16.7 Å². The number of anilines is 2. The topological polar surface area (TPSA) is 88.5 Å². The monoisotopic (exact) mass is 501 g/mol. The predicted molar refractivity (Wildman–Crippen MR) is 133 cm³/mol. The maximum atomic E-state index is 13.5. The van der Waals surface area contributed by atoms with E-state index in [1.54, 1.807) is 68.6 Å². The van der Waals surface area contributed by atoms with E-state index in [4.69, 9.17) is 11.6 Å². The number of carbonyl (C=O) groups is 1. The van der Waals surface area contributed by atoms with Crippen molar-refractivity contribution in [2.75, 3.05) is 16.2 Å². The second kappa shape index (κ2) is 9.01. The molecule has 0 aliphatic rings. The maximum Gasteiger partial charge on any atom is 0.307 e. The van der Waals surface area contributed by atoms with Gasteiger partial charge in [0.2, 0.25) is 5.91 Å². The molecule has 10 heteroatoms. The van der Waals surface area contributed by atoms with Crippen LogP contribution < -0.4 is 14.5 Å². The largest absolute Gasteiger partial charge is 0.324 e. The van der Waals surface area contributed by atoms with Gasteiger partial charge in [0.25, 0.3) is 10.0 Å². The number of nitrogens with one attached hydrogen (secondary N) is 1. The summed E-state index contributed by atoms with van der Waals surface area (Å²) in [5, 5.41) is 3.21. The molecule has 0 fully saturated rings. The van der Waals surface area contributed by atoms with Crippen molar-refractivity contribution in [1.29, 1.82) is 0 Å². The fourth-order valence-corrected chi connectivity index (χ4v) is 6.11. The zero-order chi connectivity index (χ0) is 23.8. The summed E-state index contributed by atoms with van der Waals surface area (Å²) in [6.45, 7) is 1.29. The number of nitrogens with zero attached hydrogens (tertiary/aromatic N) is 2. The molecule has 0 unspecified atom stereocenters. The summed E-state index contributed by atoms with van der Waals surface area (Å²) < 4.78 is 30.2. The van der Waals surface area contributed by atoms with Gasteiger partial charge in [0.15, 0.2) is 0 Å². The highest BCUT2D eigenvalue weighted by Crippen LogP contribution is 2.29. The smallest absolute Gasteiger partial charge is 0.307 e. The van der Waals surface area contributed by atoms with E-state index in [1.807, 2.05) is 0 Å². The molecule has 170 valence electrons. The van der Waals surface area contributed by atoms with Crippen LogP contribution in [0.3, 0.4) is 0 Å². The molecular weight excluding hydrogens is 482 g/mol. The third-order valence-corrected chi connectivity index (χ3v) is 8.13. The SMILES string of the molecule is Cc1cc(Cl)ccc1N(CC(=O)Nc1ccc2c(c1)sc(=O)n2C)S(=O)(=O)c1ccccc1. The molecule has 4 rings (SSSR count). The first-order chi connectivity index (χ1) is 15.7. The first-order valence-corrected chi connectivity index (χ1v) is 12.5. The van der Waals surface area contributed by atoms with Gasteiger partial charge in [0.1, 0.15) is 6.54 Å². The van der Waals surface area contributed by atoms with Crippen molar-refractivity contribution in [3.63, 3.8) is 0 Å². The number of thiazole rings is 1. The Balaban J connectivity index is 1.67. The Labute approximate surface area is 199 Å². The van der Waals surface area contributed by atoms with E-state index in [9.17, 15) is 18.0 Å². The lowest BCUT2D eigenvalue weighted by atomic mass is 10.2. The van der Waals surface area contributed by atoms with Crippen LogP contribution in [0, 0.1) is 6.92 Å². The van der Waals surface area contributed by atoms with Gasteiger partial charge in [0.05, 0.1) is 20.8 Å². The average Bonchev–Trinajstić information content (AvgIpc) is 3.06. The second-order valence-corrected chi connectivity index (χ2v) is 10.7. The van der Waals surface area contributed by atoms with Crippen molar-refractivity contribution in [1.82, 2.24) is 4.57 Å². The van der Waals surface area contributed by atoms with Crippen LogP contribution in [-0.4, -0.2) is 25.4 Å². The molecule has 0 bridgehead atoms. The third kappa shape index (κ3) is 4.66. The molecule has 1 heterocycles. The van der Waals surface area contributed by atoms with Crippen molar-refractivity contribution in [2.45, 2.75) is 11.8 Å². The van der Waals surface area contributed by atoms with Gasteiger partial charge in [-0.1, -0.05) is 41.1 Å². The van der Waals surface area contributed by atoms with E-state index in [0.717, 1.165) is 25.9 Å². The van der Waals surface area contributed by atoms with Crippen LogP contribution in [-0.2, 0) is 21.9 Å². The Hall–Kier alpha value is -3.14. The van der Waals surface area contributed by atoms with Crippen LogP contribution in [0.1, 0.15) is 5.56 Å². The molecule has 3 aromatic carbocycles. The number of amides is 1. The average molecular weight is 502 g/mol. The highest BCUT2D eigenvalue weighted by Gasteiger charge is 2.28. The fraction of sp³-hybridized carbons (Fsp3) is 0.130. The molecule has 0 aliphatic heterocycles.